The number of carbonyl (C=O) groups is 2. The maximum absolute atomic E-state index is 15.2. The van der Waals surface area contributed by atoms with Crippen molar-refractivity contribution in [1.29, 1.82) is 0 Å². The molecule has 0 aromatic heterocycles. The number of carbonyl (C=O) groups excluding carboxylic acids is 2. The molecule has 1 aliphatic carbocycles. The molecule has 1 aliphatic heterocycles. The van der Waals surface area contributed by atoms with Crippen LogP contribution in [0.1, 0.15) is 40.2 Å². The Bertz CT molecular complexity index is 1360. The molecule has 4 rings (SSSR count). The van der Waals surface area contributed by atoms with Crippen LogP contribution in [0.25, 0.3) is 0 Å². The first-order chi connectivity index (χ1) is 17.6. The van der Waals surface area contributed by atoms with Crippen molar-refractivity contribution in [3.8, 4) is 5.75 Å². The molecule has 206 valence electrons. The fourth-order valence-corrected chi connectivity index (χ4v) is 5.07. The highest BCUT2D eigenvalue weighted by Gasteiger charge is 2.46. The van der Waals surface area contributed by atoms with E-state index in [1.165, 1.54) is 6.07 Å². The number of benzene rings is 2. The van der Waals surface area contributed by atoms with Gasteiger partial charge in [-0.05, 0) is 54.2 Å². The first-order valence-electron chi connectivity index (χ1n) is 11.1. The second-order valence-electron chi connectivity index (χ2n) is 9.03. The van der Waals surface area contributed by atoms with Crippen LogP contribution in [-0.4, -0.2) is 61.3 Å². The molecular formula is C23H20Cl2F4N2O6S. The lowest BCUT2D eigenvalue weighted by atomic mass is 9.98. The Morgan fingerprint density at radius 2 is 1.68 bits per heavy atom. The average molecular weight is 599 g/mol. The van der Waals surface area contributed by atoms with Gasteiger partial charge in [0.1, 0.15) is 17.7 Å². The molecule has 38 heavy (non-hydrogen) atoms. The zero-order valence-corrected chi connectivity index (χ0v) is 21.9. The van der Waals surface area contributed by atoms with Gasteiger partial charge in [-0.2, -0.15) is 13.2 Å². The van der Waals surface area contributed by atoms with Crippen LogP contribution in [0.5, 0.6) is 5.75 Å². The highest BCUT2D eigenvalue weighted by atomic mass is 35.5. The molecular weight excluding hydrogens is 579 g/mol. The number of rotatable bonds is 7. The number of halogens is 6. The number of hydrogen-bond acceptors (Lipinski definition) is 7. The third-order valence-corrected chi connectivity index (χ3v) is 7.02. The van der Waals surface area contributed by atoms with E-state index in [-0.39, 0.29) is 24.1 Å². The molecule has 2 aliphatic rings. The van der Waals surface area contributed by atoms with Gasteiger partial charge in [0.15, 0.2) is 0 Å². The largest absolute Gasteiger partial charge is 0.493 e. The van der Waals surface area contributed by atoms with Crippen LogP contribution in [0.3, 0.4) is 0 Å². The van der Waals surface area contributed by atoms with Crippen LogP contribution in [0.15, 0.2) is 30.3 Å². The number of hydrogen-bond donors (Lipinski definition) is 0. The van der Waals surface area contributed by atoms with Crippen molar-refractivity contribution in [3.05, 3.63) is 62.9 Å². The second kappa shape index (κ2) is 10.5. The zero-order chi connectivity index (χ0) is 28.0. The first kappa shape index (κ1) is 28.4. The molecule has 15 heteroatoms. The predicted octanol–water partition coefficient (Wildman–Crippen LogP) is 4.70. The van der Waals surface area contributed by atoms with Gasteiger partial charge < -0.3 is 9.57 Å². The lowest BCUT2D eigenvalue weighted by Gasteiger charge is -2.39. The molecule has 0 spiro atoms. The van der Waals surface area contributed by atoms with E-state index in [9.17, 15) is 31.2 Å². The summed E-state index contributed by atoms with van der Waals surface area (Å²) < 4.78 is 82.2. The molecule has 0 unspecified atom stereocenters. The molecule has 0 bridgehead atoms. The Morgan fingerprint density at radius 3 is 2.21 bits per heavy atom. The van der Waals surface area contributed by atoms with Gasteiger partial charge in [0.2, 0.25) is 0 Å². The van der Waals surface area contributed by atoms with Crippen molar-refractivity contribution >= 4 is 45.1 Å². The van der Waals surface area contributed by atoms with Crippen LogP contribution in [0.4, 0.5) is 17.6 Å². The number of alkyl halides is 3. The van der Waals surface area contributed by atoms with E-state index in [2.05, 4.69) is 4.84 Å². The molecule has 1 saturated heterocycles. The number of hydroxylamine groups is 1. The minimum absolute atomic E-state index is 0.128. The summed E-state index contributed by atoms with van der Waals surface area (Å²) in [6, 6.07) is 7.31. The van der Waals surface area contributed by atoms with E-state index < -0.39 is 43.9 Å². The van der Waals surface area contributed by atoms with Crippen molar-refractivity contribution in [2.24, 2.45) is 0 Å². The molecule has 2 fully saturated rings. The Hall–Kier alpha value is -2.61. The zero-order valence-electron chi connectivity index (χ0n) is 19.6. The smallest absolute Gasteiger partial charge is 0.488 e. The van der Waals surface area contributed by atoms with Gasteiger partial charge in [0, 0.05) is 29.7 Å². The third kappa shape index (κ3) is 6.68. The summed E-state index contributed by atoms with van der Waals surface area (Å²) in [6.07, 6.45) is -4.27. The summed E-state index contributed by atoms with van der Waals surface area (Å²) in [5.74, 6) is -5.61. The van der Waals surface area contributed by atoms with E-state index in [1.807, 2.05) is 4.90 Å². The minimum atomic E-state index is -5.58. The fraction of sp³-hybridized carbons (Fsp3) is 0.391. The van der Waals surface area contributed by atoms with Gasteiger partial charge in [0.25, 0.3) is 10.0 Å². The molecule has 1 heterocycles. The minimum Gasteiger partial charge on any atom is -0.488 e. The number of sulfonamides is 1. The third-order valence-electron chi connectivity index (χ3n) is 5.74. The summed E-state index contributed by atoms with van der Waals surface area (Å²) >= 11 is 11.9. The normalized spacial score (nSPS) is 16.6. The van der Waals surface area contributed by atoms with Crippen LogP contribution >= 0.6 is 23.2 Å². The maximum Gasteiger partial charge on any atom is 0.493 e. The van der Waals surface area contributed by atoms with Gasteiger partial charge in [0.05, 0.1) is 11.8 Å². The molecule has 1 amide bonds. The van der Waals surface area contributed by atoms with Gasteiger partial charge in [-0.1, -0.05) is 33.7 Å². The number of amides is 1. The topological polar surface area (TPSA) is 93.2 Å². The molecule has 8 nitrogen and oxygen atoms in total. The van der Waals surface area contributed by atoms with Crippen LogP contribution in [0, 0.1) is 5.82 Å². The van der Waals surface area contributed by atoms with Crippen LogP contribution in [0.2, 0.25) is 10.0 Å². The van der Waals surface area contributed by atoms with E-state index in [0.29, 0.717) is 53.5 Å². The van der Waals surface area contributed by atoms with Crippen molar-refractivity contribution in [1.82, 2.24) is 9.37 Å². The van der Waals surface area contributed by atoms with E-state index in [1.54, 1.807) is 18.2 Å². The number of ether oxygens (including phenoxy) is 1. The summed E-state index contributed by atoms with van der Waals surface area (Å²) in [7, 11) is -4.83. The Labute approximate surface area is 225 Å². The van der Waals surface area contributed by atoms with Gasteiger partial charge in [-0.15, -0.1) is 0 Å². The van der Waals surface area contributed by atoms with E-state index in [4.69, 9.17) is 27.9 Å². The molecule has 2 aromatic rings. The van der Waals surface area contributed by atoms with Crippen molar-refractivity contribution in [2.75, 3.05) is 19.3 Å². The Kier molecular flexibility index (Phi) is 7.86. The number of nitrogens with zero attached hydrogens (tertiary/aromatic N) is 2. The van der Waals surface area contributed by atoms with Crippen molar-refractivity contribution in [2.45, 2.75) is 37.6 Å². The van der Waals surface area contributed by atoms with E-state index in [0.717, 1.165) is 6.07 Å². The summed E-state index contributed by atoms with van der Waals surface area (Å²) in [4.78, 5) is 29.9. The van der Waals surface area contributed by atoms with Gasteiger partial charge in [-0.3, -0.25) is 9.69 Å². The maximum atomic E-state index is 15.2. The standard InChI is InChI=1S/C23H20Cl2F4N2O6S/c1-38(34,35)31(37-22(33)23(27,28)29)21(32)20-18(13-2-3-13)4-12(5-19(20)26)9-30-10-17(11-30)36-16-7-14(24)6-15(25)8-16/h4-8,13,17H,2-3,9-11H2,1H3. The van der Waals surface area contributed by atoms with Gasteiger partial charge >= 0.3 is 18.1 Å². The lowest BCUT2D eigenvalue weighted by Crippen LogP contribution is -2.53. The average Bonchev–Trinajstić information content (AvgIpc) is 3.58. The molecule has 2 aromatic carbocycles. The summed E-state index contributed by atoms with van der Waals surface area (Å²) in [5, 5.41) is 0.841. The van der Waals surface area contributed by atoms with Crippen LogP contribution in [-0.2, 0) is 26.2 Å². The second-order valence-corrected chi connectivity index (χ2v) is 11.7. The van der Waals surface area contributed by atoms with Crippen molar-refractivity contribution in [3.63, 3.8) is 0 Å². The molecule has 0 radical (unpaired) electrons. The highest BCUT2D eigenvalue weighted by Crippen LogP contribution is 2.43. The molecule has 1 saturated carbocycles. The lowest BCUT2D eigenvalue weighted by molar-refractivity contribution is -0.216. The number of likely N-dealkylation sites (tertiary alicyclic amines) is 1. The summed E-state index contributed by atoms with van der Waals surface area (Å²) in [6.45, 7) is 1.24. The van der Waals surface area contributed by atoms with E-state index >= 15 is 4.39 Å². The summed E-state index contributed by atoms with van der Waals surface area (Å²) in [5.41, 5.74) is -0.175. The Balaban J connectivity index is 1.50. The highest BCUT2D eigenvalue weighted by molar-refractivity contribution is 7.88. The Morgan fingerprint density at radius 1 is 1.08 bits per heavy atom. The quantitative estimate of drug-likeness (QED) is 0.337. The monoisotopic (exact) mass is 598 g/mol. The fourth-order valence-electron chi connectivity index (χ4n) is 3.97. The van der Waals surface area contributed by atoms with Crippen LogP contribution < -0.4 is 4.74 Å². The SMILES string of the molecule is CS(=O)(=O)N(OC(=O)C(F)(F)F)C(=O)c1c(F)cc(CN2CC(Oc3cc(Cl)cc(Cl)c3)C2)cc1C1CC1. The van der Waals surface area contributed by atoms with Crippen molar-refractivity contribution < 1.29 is 45.1 Å². The molecule has 0 N–H and O–H groups in total. The predicted molar refractivity (Wildman–Crippen MR) is 128 cm³/mol. The molecule has 0 atom stereocenters. The first-order valence-corrected chi connectivity index (χ1v) is 13.7. The van der Waals surface area contributed by atoms with Gasteiger partial charge in [-0.25, -0.2) is 17.6 Å².